The Balaban J connectivity index is 1.72. The van der Waals surface area contributed by atoms with Gasteiger partial charge < -0.3 is 19.9 Å². The summed E-state index contributed by atoms with van der Waals surface area (Å²) < 4.78 is 36.7. The van der Waals surface area contributed by atoms with E-state index in [2.05, 4.69) is 10.0 Å². The second-order valence-corrected chi connectivity index (χ2v) is 9.51. The first kappa shape index (κ1) is 21.9. The number of hydrogen-bond donors (Lipinski definition) is 3. The van der Waals surface area contributed by atoms with Gasteiger partial charge in [0.25, 0.3) is 0 Å². The lowest BCUT2D eigenvalue weighted by molar-refractivity contribution is -0.113. The number of aliphatic hydroxyl groups is 1. The van der Waals surface area contributed by atoms with Gasteiger partial charge in [-0.1, -0.05) is 30.3 Å². The Hall–Kier alpha value is -2.78. The number of hydrogen-bond acceptors (Lipinski definition) is 6. The molecule has 0 saturated carbocycles. The second-order valence-electron chi connectivity index (χ2n) is 7.77. The number of fused-ring (bicyclic) bond motifs is 1. The molecule has 9 heteroatoms. The molecule has 8 nitrogen and oxygen atoms in total. The van der Waals surface area contributed by atoms with Gasteiger partial charge in [-0.05, 0) is 38.0 Å². The van der Waals surface area contributed by atoms with E-state index >= 15 is 0 Å². The van der Waals surface area contributed by atoms with Gasteiger partial charge in [0.15, 0.2) is 6.10 Å². The highest BCUT2D eigenvalue weighted by Gasteiger charge is 2.45. The summed E-state index contributed by atoms with van der Waals surface area (Å²) in [5.74, 6) is 0.334. The number of nitrogens with one attached hydrogen (secondary N) is 2. The summed E-state index contributed by atoms with van der Waals surface area (Å²) in [5, 5.41) is 13.4. The van der Waals surface area contributed by atoms with E-state index in [0.29, 0.717) is 30.0 Å². The molecule has 3 N–H and O–H groups in total. The first-order valence-electron chi connectivity index (χ1n) is 9.52. The molecule has 1 aliphatic rings. The standard InChI is InChI=1S/C21H26N2O6S/c1-21(2)19(24)18(28-20(25)22-12-11-14-7-5-4-6-8-14)16-10-9-15(13-17(16)29-21)23-30(3,26)27/h4-10,13,18-19,23-24H,11-12H2,1-3H3,(H,22,25)/t18-,19+/m0/s1. The largest absolute Gasteiger partial charge is 0.484 e. The third-order valence-electron chi connectivity index (χ3n) is 4.76. The minimum Gasteiger partial charge on any atom is -0.484 e. The van der Waals surface area contributed by atoms with Crippen molar-refractivity contribution >= 4 is 21.8 Å². The molecule has 3 rings (SSSR count). The third-order valence-corrected chi connectivity index (χ3v) is 5.36. The number of sulfonamides is 1. The van der Waals surface area contributed by atoms with Crippen LogP contribution in [0.15, 0.2) is 48.5 Å². The normalized spacial score (nSPS) is 19.9. The minimum atomic E-state index is -3.46. The Labute approximate surface area is 176 Å². The zero-order valence-corrected chi connectivity index (χ0v) is 17.9. The summed E-state index contributed by atoms with van der Waals surface area (Å²) in [7, 11) is -3.46. The van der Waals surface area contributed by atoms with Gasteiger partial charge in [0.1, 0.15) is 17.5 Å². The summed E-state index contributed by atoms with van der Waals surface area (Å²) in [6.45, 7) is 3.72. The van der Waals surface area contributed by atoms with Crippen molar-refractivity contribution < 1.29 is 27.8 Å². The summed E-state index contributed by atoms with van der Waals surface area (Å²) >= 11 is 0. The Morgan fingerprint density at radius 2 is 1.90 bits per heavy atom. The maximum absolute atomic E-state index is 12.3. The Morgan fingerprint density at radius 3 is 2.57 bits per heavy atom. The van der Waals surface area contributed by atoms with Crippen LogP contribution in [0, 0.1) is 0 Å². The quantitative estimate of drug-likeness (QED) is 0.644. The van der Waals surface area contributed by atoms with Gasteiger partial charge in [-0.2, -0.15) is 0 Å². The minimum absolute atomic E-state index is 0.314. The molecule has 0 fully saturated rings. The van der Waals surface area contributed by atoms with E-state index in [1.807, 2.05) is 30.3 Å². The van der Waals surface area contributed by atoms with Gasteiger partial charge in [-0.15, -0.1) is 0 Å². The Bertz CT molecular complexity index is 1010. The van der Waals surface area contributed by atoms with Crippen molar-refractivity contribution in [1.82, 2.24) is 5.32 Å². The van der Waals surface area contributed by atoms with Crippen molar-refractivity contribution in [2.75, 3.05) is 17.5 Å². The molecule has 2 aromatic rings. The second kappa shape index (κ2) is 8.53. The lowest BCUT2D eigenvalue weighted by atomic mass is 9.88. The molecule has 1 amide bonds. The van der Waals surface area contributed by atoms with Crippen LogP contribution in [0.2, 0.25) is 0 Å². The fourth-order valence-electron chi connectivity index (χ4n) is 3.25. The summed E-state index contributed by atoms with van der Waals surface area (Å²) in [4.78, 5) is 12.3. The molecule has 30 heavy (non-hydrogen) atoms. The number of alkyl carbamates (subject to hydrolysis) is 1. The van der Waals surface area contributed by atoms with E-state index in [1.54, 1.807) is 19.9 Å². The molecule has 0 bridgehead atoms. The molecule has 162 valence electrons. The number of carbonyl (C=O) groups excluding carboxylic acids is 1. The van der Waals surface area contributed by atoms with Crippen molar-refractivity contribution in [3.05, 3.63) is 59.7 Å². The molecule has 0 aromatic heterocycles. The maximum atomic E-state index is 12.3. The van der Waals surface area contributed by atoms with Crippen LogP contribution in [0.5, 0.6) is 5.75 Å². The van der Waals surface area contributed by atoms with E-state index in [4.69, 9.17) is 9.47 Å². The highest BCUT2D eigenvalue weighted by Crippen LogP contribution is 2.43. The smallest absolute Gasteiger partial charge is 0.407 e. The van der Waals surface area contributed by atoms with E-state index in [-0.39, 0.29) is 0 Å². The van der Waals surface area contributed by atoms with Crippen LogP contribution in [0.4, 0.5) is 10.5 Å². The Morgan fingerprint density at radius 1 is 1.20 bits per heavy atom. The zero-order valence-electron chi connectivity index (χ0n) is 17.1. The SMILES string of the molecule is CC1(C)Oc2cc(NS(C)(=O)=O)ccc2[C@H](OC(=O)NCCc2ccccc2)[C@H]1O. The molecule has 0 radical (unpaired) electrons. The van der Waals surface area contributed by atoms with E-state index < -0.39 is 33.9 Å². The van der Waals surface area contributed by atoms with Gasteiger partial charge in [0.2, 0.25) is 10.0 Å². The first-order chi connectivity index (χ1) is 14.0. The average molecular weight is 435 g/mol. The van der Waals surface area contributed by atoms with Crippen LogP contribution in [0.1, 0.15) is 31.1 Å². The molecular weight excluding hydrogens is 408 g/mol. The van der Waals surface area contributed by atoms with E-state index in [9.17, 15) is 18.3 Å². The highest BCUT2D eigenvalue weighted by molar-refractivity contribution is 7.92. The molecule has 0 spiro atoms. The molecule has 2 atom stereocenters. The topological polar surface area (TPSA) is 114 Å². The van der Waals surface area contributed by atoms with Crippen molar-refractivity contribution in [1.29, 1.82) is 0 Å². The number of carbonyl (C=O) groups is 1. The molecule has 0 unspecified atom stereocenters. The summed E-state index contributed by atoms with van der Waals surface area (Å²) in [6.07, 6.45) is -1.04. The molecule has 1 aliphatic heterocycles. The highest BCUT2D eigenvalue weighted by atomic mass is 32.2. The van der Waals surface area contributed by atoms with Crippen LogP contribution >= 0.6 is 0 Å². The number of anilines is 1. The van der Waals surface area contributed by atoms with Crippen LogP contribution in [-0.2, 0) is 21.2 Å². The van der Waals surface area contributed by atoms with E-state index in [0.717, 1.165) is 11.8 Å². The Kier molecular flexibility index (Phi) is 6.23. The van der Waals surface area contributed by atoms with Crippen LogP contribution in [-0.4, -0.2) is 44.1 Å². The van der Waals surface area contributed by atoms with Crippen molar-refractivity contribution in [3.8, 4) is 5.75 Å². The average Bonchev–Trinajstić information content (AvgIpc) is 2.64. The fourth-order valence-corrected chi connectivity index (χ4v) is 3.81. The lowest BCUT2D eigenvalue weighted by Gasteiger charge is -2.41. The predicted octanol–water partition coefficient (Wildman–Crippen LogP) is 2.60. The summed E-state index contributed by atoms with van der Waals surface area (Å²) in [5.41, 5.74) is 0.806. The molecule has 1 heterocycles. The van der Waals surface area contributed by atoms with Gasteiger partial charge in [-0.25, -0.2) is 13.2 Å². The number of aliphatic hydroxyl groups excluding tert-OH is 1. The number of rotatable bonds is 6. The molecule has 0 aliphatic carbocycles. The first-order valence-corrected chi connectivity index (χ1v) is 11.4. The molecule has 0 saturated heterocycles. The number of ether oxygens (including phenoxy) is 2. The fraction of sp³-hybridized carbons (Fsp3) is 0.381. The number of amides is 1. The van der Waals surface area contributed by atoms with Crippen LogP contribution < -0.4 is 14.8 Å². The summed E-state index contributed by atoms with van der Waals surface area (Å²) in [6, 6.07) is 14.3. The molecular formula is C21H26N2O6S. The monoisotopic (exact) mass is 434 g/mol. The lowest BCUT2D eigenvalue weighted by Crippen LogP contribution is -2.50. The number of benzene rings is 2. The zero-order chi connectivity index (χ0) is 21.9. The van der Waals surface area contributed by atoms with E-state index in [1.165, 1.54) is 12.1 Å². The molecule has 2 aromatic carbocycles. The van der Waals surface area contributed by atoms with Crippen molar-refractivity contribution in [2.24, 2.45) is 0 Å². The van der Waals surface area contributed by atoms with Gasteiger partial charge in [0.05, 0.1) is 11.9 Å². The van der Waals surface area contributed by atoms with Gasteiger partial charge in [-0.3, -0.25) is 4.72 Å². The third kappa shape index (κ3) is 5.43. The van der Waals surface area contributed by atoms with Crippen molar-refractivity contribution in [2.45, 2.75) is 38.1 Å². The van der Waals surface area contributed by atoms with Crippen LogP contribution in [0.3, 0.4) is 0 Å². The van der Waals surface area contributed by atoms with Gasteiger partial charge in [0, 0.05) is 18.2 Å². The van der Waals surface area contributed by atoms with Crippen LogP contribution in [0.25, 0.3) is 0 Å². The predicted molar refractivity (Wildman–Crippen MR) is 113 cm³/mol. The maximum Gasteiger partial charge on any atom is 0.407 e. The van der Waals surface area contributed by atoms with Crippen molar-refractivity contribution in [3.63, 3.8) is 0 Å². The van der Waals surface area contributed by atoms with Gasteiger partial charge >= 0.3 is 6.09 Å².